The molecule has 0 N–H and O–H groups in total. The monoisotopic (exact) mass is 443 g/mol. The molecule has 3 aliphatic heterocycles. The molecule has 5 heterocycles. The van der Waals surface area contributed by atoms with E-state index in [0.717, 1.165) is 23.4 Å². The Hall–Kier alpha value is -2.65. The number of hydrogen-bond donors (Lipinski definition) is 0. The Labute approximate surface area is 186 Å². The summed E-state index contributed by atoms with van der Waals surface area (Å²) < 4.78 is 22.4. The number of hydrogen-bond acceptors (Lipinski definition) is 7. The summed E-state index contributed by atoms with van der Waals surface area (Å²) in [6.07, 6.45) is 1.85. The van der Waals surface area contributed by atoms with Crippen LogP contribution in [-0.4, -0.2) is 78.4 Å². The van der Waals surface area contributed by atoms with Gasteiger partial charge >= 0.3 is 0 Å². The SMILES string of the molecule is Cc1noc(C)c1Cc1ccc(C(=O)N2CC3(C[C@H](CC(=O)N4CCOCC4)CO3)C2)o1. The lowest BCUT2D eigenvalue weighted by atomic mass is 9.85. The Morgan fingerprint density at radius 1 is 1.16 bits per heavy atom. The van der Waals surface area contributed by atoms with Gasteiger partial charge in [-0.05, 0) is 38.3 Å². The van der Waals surface area contributed by atoms with Crippen LogP contribution in [-0.2, 0) is 20.7 Å². The molecule has 3 fully saturated rings. The van der Waals surface area contributed by atoms with E-state index in [9.17, 15) is 9.59 Å². The summed E-state index contributed by atoms with van der Waals surface area (Å²) in [6.45, 7) is 7.96. The minimum absolute atomic E-state index is 0.128. The molecule has 1 spiro atoms. The Kier molecular flexibility index (Phi) is 5.54. The molecule has 1 atom stereocenters. The van der Waals surface area contributed by atoms with Crippen molar-refractivity contribution in [1.29, 1.82) is 0 Å². The van der Waals surface area contributed by atoms with Crippen LogP contribution in [0.15, 0.2) is 21.1 Å². The summed E-state index contributed by atoms with van der Waals surface area (Å²) in [5, 5.41) is 3.96. The molecule has 5 rings (SSSR count). The van der Waals surface area contributed by atoms with Crippen LogP contribution in [0.3, 0.4) is 0 Å². The van der Waals surface area contributed by atoms with Crippen LogP contribution in [0.5, 0.6) is 0 Å². The first kappa shape index (κ1) is 21.2. The number of carbonyl (C=O) groups excluding carboxylic acids is 2. The molecule has 32 heavy (non-hydrogen) atoms. The lowest BCUT2D eigenvalue weighted by Crippen LogP contribution is -2.63. The molecular formula is C23H29N3O6. The number of carbonyl (C=O) groups is 2. The molecule has 0 aromatic carbocycles. The highest BCUT2D eigenvalue weighted by atomic mass is 16.5. The van der Waals surface area contributed by atoms with Gasteiger partial charge in [-0.15, -0.1) is 0 Å². The van der Waals surface area contributed by atoms with Crippen LogP contribution >= 0.6 is 0 Å². The van der Waals surface area contributed by atoms with E-state index < -0.39 is 0 Å². The van der Waals surface area contributed by atoms with Crippen molar-refractivity contribution < 1.29 is 28.0 Å². The Morgan fingerprint density at radius 2 is 1.94 bits per heavy atom. The molecule has 9 nitrogen and oxygen atoms in total. The number of rotatable bonds is 5. The summed E-state index contributed by atoms with van der Waals surface area (Å²) in [5.74, 6) is 2.05. The first-order chi connectivity index (χ1) is 15.4. The molecule has 172 valence electrons. The second-order valence-electron chi connectivity index (χ2n) is 9.17. The van der Waals surface area contributed by atoms with E-state index >= 15 is 0 Å². The zero-order valence-electron chi connectivity index (χ0n) is 18.6. The summed E-state index contributed by atoms with van der Waals surface area (Å²) >= 11 is 0. The average molecular weight is 444 g/mol. The maximum absolute atomic E-state index is 12.9. The Bertz CT molecular complexity index is 980. The van der Waals surface area contributed by atoms with Crippen LogP contribution in [0.25, 0.3) is 0 Å². The van der Waals surface area contributed by atoms with Gasteiger partial charge in [-0.2, -0.15) is 0 Å². The number of aryl methyl sites for hydroxylation is 2. The number of furan rings is 1. The van der Waals surface area contributed by atoms with Crippen LogP contribution in [0.4, 0.5) is 0 Å². The van der Waals surface area contributed by atoms with Crippen molar-refractivity contribution in [3.05, 3.63) is 40.7 Å². The van der Waals surface area contributed by atoms with Gasteiger partial charge in [0.05, 0.1) is 38.6 Å². The number of likely N-dealkylation sites (tertiary alicyclic amines) is 1. The first-order valence-corrected chi connectivity index (χ1v) is 11.2. The van der Waals surface area contributed by atoms with Crippen LogP contribution in [0.1, 0.15) is 46.2 Å². The molecule has 0 radical (unpaired) electrons. The third-order valence-electron chi connectivity index (χ3n) is 6.76. The van der Waals surface area contributed by atoms with Gasteiger partial charge in [-0.25, -0.2) is 0 Å². The van der Waals surface area contributed by atoms with Crippen LogP contribution in [0.2, 0.25) is 0 Å². The van der Waals surface area contributed by atoms with Crippen molar-refractivity contribution in [3.8, 4) is 0 Å². The fourth-order valence-corrected chi connectivity index (χ4v) is 4.94. The van der Waals surface area contributed by atoms with Gasteiger partial charge < -0.3 is 28.2 Å². The van der Waals surface area contributed by atoms with Crippen molar-refractivity contribution >= 4 is 11.8 Å². The molecule has 0 bridgehead atoms. The van der Waals surface area contributed by atoms with Gasteiger partial charge in [0.15, 0.2) is 5.76 Å². The highest BCUT2D eigenvalue weighted by Gasteiger charge is 2.52. The second kappa shape index (κ2) is 8.37. The lowest BCUT2D eigenvalue weighted by molar-refractivity contribution is -0.136. The molecule has 0 saturated carbocycles. The molecule has 0 unspecified atom stereocenters. The summed E-state index contributed by atoms with van der Waals surface area (Å²) in [5.41, 5.74) is 1.49. The molecule has 2 amide bonds. The fraction of sp³-hybridized carbons (Fsp3) is 0.609. The van der Waals surface area contributed by atoms with Crippen LogP contribution < -0.4 is 0 Å². The predicted molar refractivity (Wildman–Crippen MR) is 112 cm³/mol. The first-order valence-electron chi connectivity index (χ1n) is 11.2. The number of nitrogens with zero attached hydrogens (tertiary/aromatic N) is 3. The van der Waals surface area contributed by atoms with Crippen molar-refractivity contribution in [3.63, 3.8) is 0 Å². The Morgan fingerprint density at radius 3 is 2.66 bits per heavy atom. The minimum Gasteiger partial charge on any atom is -0.456 e. The van der Waals surface area contributed by atoms with Crippen molar-refractivity contribution in [1.82, 2.24) is 15.0 Å². The largest absolute Gasteiger partial charge is 0.456 e. The van der Waals surface area contributed by atoms with E-state index in [-0.39, 0.29) is 23.3 Å². The second-order valence-corrected chi connectivity index (χ2v) is 9.17. The fourth-order valence-electron chi connectivity index (χ4n) is 4.94. The predicted octanol–water partition coefficient (Wildman–Crippen LogP) is 1.96. The van der Waals surface area contributed by atoms with E-state index in [1.807, 2.05) is 24.8 Å². The highest BCUT2D eigenvalue weighted by molar-refractivity contribution is 5.92. The zero-order valence-corrected chi connectivity index (χ0v) is 18.6. The van der Waals surface area contributed by atoms with Gasteiger partial charge in [0.25, 0.3) is 5.91 Å². The van der Waals surface area contributed by atoms with Crippen molar-refractivity contribution in [2.24, 2.45) is 5.92 Å². The van der Waals surface area contributed by atoms with E-state index in [0.29, 0.717) is 70.4 Å². The van der Waals surface area contributed by atoms with Crippen molar-refractivity contribution in [2.45, 2.75) is 38.7 Å². The number of amides is 2. The molecule has 2 aromatic rings. The number of morpholine rings is 1. The van der Waals surface area contributed by atoms with Gasteiger partial charge in [-0.1, -0.05) is 5.16 Å². The van der Waals surface area contributed by atoms with E-state index in [2.05, 4.69) is 5.16 Å². The third kappa shape index (κ3) is 4.06. The van der Waals surface area contributed by atoms with Gasteiger partial charge in [0, 0.05) is 31.5 Å². The van der Waals surface area contributed by atoms with Gasteiger partial charge in [-0.3, -0.25) is 9.59 Å². The van der Waals surface area contributed by atoms with E-state index in [1.165, 1.54) is 0 Å². The molecule has 3 saturated heterocycles. The summed E-state index contributed by atoms with van der Waals surface area (Å²) in [7, 11) is 0. The van der Waals surface area contributed by atoms with Crippen molar-refractivity contribution in [2.75, 3.05) is 46.0 Å². The Balaban J connectivity index is 1.13. The maximum atomic E-state index is 12.9. The topological polar surface area (TPSA) is 98.3 Å². The zero-order chi connectivity index (χ0) is 22.3. The third-order valence-corrected chi connectivity index (χ3v) is 6.76. The smallest absolute Gasteiger partial charge is 0.289 e. The molecule has 0 aliphatic carbocycles. The molecular weight excluding hydrogens is 414 g/mol. The molecule has 2 aromatic heterocycles. The van der Waals surface area contributed by atoms with E-state index in [4.69, 9.17) is 18.4 Å². The molecule has 9 heteroatoms. The summed E-state index contributed by atoms with van der Waals surface area (Å²) in [6, 6.07) is 3.55. The standard InChI is InChI=1S/C23H29N3O6/c1-15-19(16(2)32-24-15)10-18-3-4-20(31-18)22(28)26-13-23(14-26)11-17(12-30-23)9-21(27)25-5-7-29-8-6-25/h3-4,17H,5-14H2,1-2H3/t17-/m0/s1. The number of ether oxygens (including phenoxy) is 2. The average Bonchev–Trinajstić information content (AvgIpc) is 3.49. The summed E-state index contributed by atoms with van der Waals surface area (Å²) in [4.78, 5) is 29.0. The molecule has 3 aliphatic rings. The normalized spacial score (nSPS) is 22.4. The minimum atomic E-state index is -0.322. The highest BCUT2D eigenvalue weighted by Crippen LogP contribution is 2.40. The quantitative estimate of drug-likeness (QED) is 0.697. The lowest BCUT2D eigenvalue weighted by Gasteiger charge is -2.46. The van der Waals surface area contributed by atoms with E-state index in [1.54, 1.807) is 11.0 Å². The van der Waals surface area contributed by atoms with Crippen LogP contribution in [0, 0.1) is 19.8 Å². The number of aromatic nitrogens is 1. The maximum Gasteiger partial charge on any atom is 0.289 e. The van der Waals surface area contributed by atoms with Gasteiger partial charge in [0.1, 0.15) is 17.1 Å². The van der Waals surface area contributed by atoms with Gasteiger partial charge in [0.2, 0.25) is 5.91 Å².